The van der Waals surface area contributed by atoms with Gasteiger partial charge in [-0.1, -0.05) is 59.6 Å². The lowest BCUT2D eigenvalue weighted by atomic mass is 9.80. The first-order valence-corrected chi connectivity index (χ1v) is 18.5. The molecule has 0 aliphatic carbocycles. The van der Waals surface area contributed by atoms with Gasteiger partial charge in [0.25, 0.3) is 11.8 Å². The number of urea groups is 1. The highest BCUT2D eigenvalue weighted by atomic mass is 16.6. The number of rotatable bonds is 19. The number of nitrogens with zero attached hydrogens (tertiary/aromatic N) is 2. The lowest BCUT2D eigenvalue weighted by molar-refractivity contribution is -0.136. The van der Waals surface area contributed by atoms with Crippen molar-refractivity contribution in [1.29, 1.82) is 0 Å². The number of carbonyl (C=O) groups is 6. The van der Waals surface area contributed by atoms with E-state index in [9.17, 15) is 28.8 Å². The number of benzene rings is 1. The molecule has 288 valence electrons. The van der Waals surface area contributed by atoms with Gasteiger partial charge >= 0.3 is 12.1 Å². The summed E-state index contributed by atoms with van der Waals surface area (Å²) in [5, 5.41) is 11.7. The number of nitrogens with one attached hydrogen (secondary N) is 4. The fourth-order valence-electron chi connectivity index (χ4n) is 6.34. The highest BCUT2D eigenvalue weighted by Gasteiger charge is 2.34. The second kappa shape index (κ2) is 20.0. The number of hydrogen-bond donors (Lipinski definition) is 5. The second-order valence-electron chi connectivity index (χ2n) is 15.3. The van der Waals surface area contributed by atoms with Gasteiger partial charge in [0, 0.05) is 50.1 Å². The van der Waals surface area contributed by atoms with Gasteiger partial charge in [0.1, 0.15) is 12.6 Å². The van der Waals surface area contributed by atoms with Crippen molar-refractivity contribution >= 4 is 41.4 Å². The van der Waals surface area contributed by atoms with Crippen LogP contribution in [0.25, 0.3) is 0 Å². The molecule has 14 nitrogen and oxygen atoms in total. The van der Waals surface area contributed by atoms with Gasteiger partial charge in [-0.2, -0.15) is 0 Å². The van der Waals surface area contributed by atoms with Gasteiger partial charge in [0.2, 0.25) is 11.8 Å². The highest BCUT2D eigenvalue weighted by molar-refractivity contribution is 6.12. The number of nitrogens with two attached hydrogens (primary N) is 1. The Kier molecular flexibility index (Phi) is 16.1. The van der Waals surface area contributed by atoms with Crippen LogP contribution in [0.2, 0.25) is 0 Å². The van der Waals surface area contributed by atoms with Crippen LogP contribution >= 0.6 is 0 Å². The molecule has 0 bridgehead atoms. The zero-order valence-electron chi connectivity index (χ0n) is 31.7. The van der Waals surface area contributed by atoms with E-state index in [1.165, 1.54) is 17.1 Å². The van der Waals surface area contributed by atoms with Gasteiger partial charge < -0.3 is 36.6 Å². The fourth-order valence-corrected chi connectivity index (χ4v) is 6.34. The molecule has 2 aliphatic rings. The van der Waals surface area contributed by atoms with Crippen LogP contribution in [-0.2, 0) is 30.5 Å². The van der Waals surface area contributed by atoms with Gasteiger partial charge in [-0.05, 0) is 74.0 Å². The molecule has 6 N–H and O–H groups in total. The quantitative estimate of drug-likeness (QED) is 0.104. The van der Waals surface area contributed by atoms with Crippen LogP contribution in [0.4, 0.5) is 15.3 Å². The van der Waals surface area contributed by atoms with Crippen molar-refractivity contribution in [3.8, 4) is 0 Å². The maximum atomic E-state index is 13.6. The molecule has 1 aromatic rings. The van der Waals surface area contributed by atoms with E-state index < -0.39 is 24.0 Å². The summed E-state index contributed by atoms with van der Waals surface area (Å²) < 4.78 is 5.56. The number of unbranched alkanes of at least 4 members (excludes halogenated alkanes) is 2. The Labute approximate surface area is 308 Å². The predicted octanol–water partition coefficient (Wildman–Crippen LogP) is 4.05. The SMILES string of the molecule is CC(CCCCCN1C(=O)C=CC1=O)N[C@H](C(=O)N[C@@H](CCCNC(N)=O)C(=O)Nc1ccc(COC(=O)N2CCC(C(C)(C)C)C2)cc1)C(C)C. The number of hydrogen-bond acceptors (Lipinski definition) is 8. The summed E-state index contributed by atoms with van der Waals surface area (Å²) in [6, 6.07) is 4.87. The molecule has 2 unspecified atom stereocenters. The standard InChI is InChI=1S/C38H59N7O7/c1-25(2)33(41-26(3)11-8-7-9-21-45-31(46)17-18-32(45)47)35(49)43-30(12-10-20-40-36(39)50)34(48)42-29-15-13-27(14-16-29)24-52-37(51)44-22-19-28(23-44)38(4,5)6/h13-18,25-26,28,30,33,41H,7-12,19-24H2,1-6H3,(H,42,48)(H,43,49)(H3,39,40,50)/t26?,28?,30-,33-/m0/s1. The molecule has 3 rings (SSSR count). The average Bonchev–Trinajstić information content (AvgIpc) is 3.71. The predicted molar refractivity (Wildman–Crippen MR) is 199 cm³/mol. The molecule has 0 saturated carbocycles. The summed E-state index contributed by atoms with van der Waals surface area (Å²) >= 11 is 0. The van der Waals surface area contributed by atoms with Crippen LogP contribution < -0.4 is 27.0 Å². The number of anilines is 1. The third kappa shape index (κ3) is 13.6. The molecule has 52 heavy (non-hydrogen) atoms. The Balaban J connectivity index is 1.51. The van der Waals surface area contributed by atoms with Crippen LogP contribution in [0.1, 0.15) is 92.1 Å². The normalized spacial score (nSPS) is 17.6. The lowest BCUT2D eigenvalue weighted by Crippen LogP contribution is -2.55. The Morgan fingerprint density at radius 1 is 0.923 bits per heavy atom. The number of carbonyl (C=O) groups excluding carboxylic acids is 6. The molecule has 7 amide bonds. The minimum Gasteiger partial charge on any atom is -0.445 e. The van der Waals surface area contributed by atoms with Gasteiger partial charge in [-0.15, -0.1) is 0 Å². The van der Waals surface area contributed by atoms with Gasteiger partial charge in [-0.3, -0.25) is 24.1 Å². The summed E-state index contributed by atoms with van der Waals surface area (Å²) in [6.45, 7) is 14.5. The van der Waals surface area contributed by atoms with Crippen molar-refractivity contribution < 1.29 is 33.5 Å². The molecule has 1 saturated heterocycles. The van der Waals surface area contributed by atoms with Crippen LogP contribution in [0.15, 0.2) is 36.4 Å². The van der Waals surface area contributed by atoms with E-state index in [1.54, 1.807) is 29.2 Å². The number of likely N-dealkylation sites (tertiary alicyclic amines) is 1. The monoisotopic (exact) mass is 725 g/mol. The first kappa shape index (κ1) is 42.0. The molecule has 14 heteroatoms. The Morgan fingerprint density at radius 3 is 2.19 bits per heavy atom. The van der Waals surface area contributed by atoms with Gasteiger partial charge in [0.15, 0.2) is 0 Å². The third-order valence-corrected chi connectivity index (χ3v) is 9.69. The topological polar surface area (TPSA) is 192 Å². The summed E-state index contributed by atoms with van der Waals surface area (Å²) in [5.74, 6) is -0.916. The molecule has 0 spiro atoms. The Bertz CT molecular complexity index is 1410. The Morgan fingerprint density at radius 2 is 1.60 bits per heavy atom. The lowest BCUT2D eigenvalue weighted by Gasteiger charge is -2.28. The van der Waals surface area contributed by atoms with Crippen molar-refractivity contribution in [2.24, 2.45) is 23.0 Å². The third-order valence-electron chi connectivity index (χ3n) is 9.69. The van der Waals surface area contributed by atoms with Crippen molar-refractivity contribution in [1.82, 2.24) is 25.8 Å². The largest absolute Gasteiger partial charge is 0.445 e. The smallest absolute Gasteiger partial charge is 0.410 e. The molecule has 0 aromatic heterocycles. The first-order valence-electron chi connectivity index (χ1n) is 18.5. The summed E-state index contributed by atoms with van der Waals surface area (Å²) in [7, 11) is 0. The molecule has 1 aromatic carbocycles. The number of ether oxygens (including phenoxy) is 1. The van der Waals surface area contributed by atoms with E-state index in [1.807, 2.05) is 20.8 Å². The number of primary amides is 1. The molecular weight excluding hydrogens is 666 g/mol. The summed E-state index contributed by atoms with van der Waals surface area (Å²) in [5.41, 5.74) is 6.62. The van der Waals surface area contributed by atoms with Gasteiger partial charge in [0.05, 0.1) is 6.04 Å². The minimum absolute atomic E-state index is 0.00421. The number of imide groups is 1. The van der Waals surface area contributed by atoms with E-state index in [0.29, 0.717) is 44.1 Å². The van der Waals surface area contributed by atoms with Crippen molar-refractivity contribution in [2.75, 3.05) is 31.5 Å². The van der Waals surface area contributed by atoms with Crippen LogP contribution in [-0.4, -0.2) is 89.9 Å². The van der Waals surface area contributed by atoms with Crippen LogP contribution in [0.5, 0.6) is 0 Å². The van der Waals surface area contributed by atoms with E-state index in [2.05, 4.69) is 42.0 Å². The maximum absolute atomic E-state index is 13.6. The summed E-state index contributed by atoms with van der Waals surface area (Å²) in [6.07, 6.45) is 7.02. The molecular formula is C38H59N7O7. The Hall–Kier alpha value is -4.46. The van der Waals surface area contributed by atoms with E-state index in [-0.39, 0.29) is 60.8 Å². The molecule has 1 fully saturated rings. The number of amides is 7. The van der Waals surface area contributed by atoms with E-state index in [0.717, 1.165) is 31.2 Å². The molecule has 0 radical (unpaired) electrons. The fraction of sp³-hybridized carbons (Fsp3) is 0.632. The highest BCUT2D eigenvalue weighted by Crippen LogP contribution is 2.33. The molecule has 2 heterocycles. The average molecular weight is 726 g/mol. The first-order chi connectivity index (χ1) is 24.5. The maximum Gasteiger partial charge on any atom is 0.410 e. The molecule has 2 aliphatic heterocycles. The van der Waals surface area contributed by atoms with Crippen molar-refractivity contribution in [3.63, 3.8) is 0 Å². The van der Waals surface area contributed by atoms with Crippen LogP contribution in [0, 0.1) is 17.3 Å². The minimum atomic E-state index is -0.885. The van der Waals surface area contributed by atoms with E-state index >= 15 is 0 Å². The summed E-state index contributed by atoms with van der Waals surface area (Å²) in [4.78, 5) is 77.4. The zero-order valence-corrected chi connectivity index (χ0v) is 31.7. The molecule has 4 atom stereocenters. The van der Waals surface area contributed by atoms with Crippen LogP contribution in [0.3, 0.4) is 0 Å². The zero-order chi connectivity index (χ0) is 38.4. The van der Waals surface area contributed by atoms with Crippen molar-refractivity contribution in [3.05, 3.63) is 42.0 Å². The second-order valence-corrected chi connectivity index (χ2v) is 15.3. The van der Waals surface area contributed by atoms with Crippen molar-refractivity contribution in [2.45, 2.75) is 111 Å². The van der Waals surface area contributed by atoms with Gasteiger partial charge in [-0.25, -0.2) is 9.59 Å². The van der Waals surface area contributed by atoms with E-state index in [4.69, 9.17) is 10.5 Å².